The molecule has 3 nitrogen and oxygen atoms in total. The zero-order valence-corrected chi connectivity index (χ0v) is 5.63. The third-order valence-corrected chi connectivity index (χ3v) is 1.59. The fraction of sp³-hybridized carbons (Fsp3) is 1.00. The van der Waals surface area contributed by atoms with Gasteiger partial charge in [0.2, 0.25) is 0 Å². The highest BCUT2D eigenvalue weighted by Crippen LogP contribution is 2.05. The van der Waals surface area contributed by atoms with Gasteiger partial charge in [-0.25, -0.2) is 0 Å². The van der Waals surface area contributed by atoms with E-state index in [1.165, 1.54) is 0 Å². The van der Waals surface area contributed by atoms with Crippen LogP contribution in [0.5, 0.6) is 0 Å². The van der Waals surface area contributed by atoms with Crippen LogP contribution in [0.3, 0.4) is 0 Å². The molecule has 2 unspecified atom stereocenters. The van der Waals surface area contributed by atoms with Crippen LogP contribution < -0.4 is 5.32 Å². The van der Waals surface area contributed by atoms with Gasteiger partial charge in [0.25, 0.3) is 0 Å². The second-order valence-electron chi connectivity index (χ2n) is 2.41. The topological polar surface area (TPSA) is 41.5 Å². The van der Waals surface area contributed by atoms with Gasteiger partial charge in [0, 0.05) is 6.04 Å². The van der Waals surface area contributed by atoms with E-state index in [2.05, 4.69) is 5.32 Å². The van der Waals surface area contributed by atoms with E-state index in [4.69, 9.17) is 9.84 Å². The molecule has 0 spiro atoms. The molecule has 0 amide bonds. The maximum atomic E-state index is 9.05. The fourth-order valence-electron chi connectivity index (χ4n) is 1.01. The number of nitrogens with one attached hydrogen (secondary N) is 1. The largest absolute Gasteiger partial charge is 0.391 e. The second kappa shape index (κ2) is 3.15. The van der Waals surface area contributed by atoms with Gasteiger partial charge in [0.1, 0.15) is 0 Å². The van der Waals surface area contributed by atoms with Crippen molar-refractivity contribution < 1.29 is 9.84 Å². The number of likely N-dealkylation sites (N-methyl/N-ethyl adjacent to an activating group) is 1. The molecule has 1 heterocycles. The number of ether oxygens (including phenoxy) is 1. The van der Waals surface area contributed by atoms with E-state index >= 15 is 0 Å². The lowest BCUT2D eigenvalue weighted by Crippen LogP contribution is -2.40. The minimum Gasteiger partial charge on any atom is -0.391 e. The first kappa shape index (κ1) is 6.99. The standard InChI is InChI=1S/C6H13NO2/c1-7-5-2-6(8)4-9-3-5/h5-8H,2-4H2,1H3. The smallest absolute Gasteiger partial charge is 0.0789 e. The summed E-state index contributed by atoms with van der Waals surface area (Å²) in [7, 11) is 1.88. The Morgan fingerprint density at radius 1 is 1.56 bits per heavy atom. The van der Waals surface area contributed by atoms with Crippen LogP contribution in [-0.4, -0.2) is 37.5 Å². The van der Waals surface area contributed by atoms with E-state index in [1.807, 2.05) is 7.05 Å². The maximum absolute atomic E-state index is 9.05. The summed E-state index contributed by atoms with van der Waals surface area (Å²) in [5.74, 6) is 0. The first-order valence-corrected chi connectivity index (χ1v) is 3.26. The van der Waals surface area contributed by atoms with Crippen molar-refractivity contribution in [2.75, 3.05) is 20.3 Å². The van der Waals surface area contributed by atoms with Gasteiger partial charge < -0.3 is 15.2 Å². The summed E-state index contributed by atoms with van der Waals surface area (Å²) >= 11 is 0. The molecule has 1 aliphatic rings. The molecule has 1 aliphatic heterocycles. The van der Waals surface area contributed by atoms with Crippen molar-refractivity contribution in [1.82, 2.24) is 5.32 Å². The van der Waals surface area contributed by atoms with Crippen molar-refractivity contribution in [1.29, 1.82) is 0 Å². The summed E-state index contributed by atoms with van der Waals surface area (Å²) in [6.45, 7) is 1.23. The molecule has 0 aromatic carbocycles. The summed E-state index contributed by atoms with van der Waals surface area (Å²) in [6, 6.07) is 0.341. The number of aliphatic hydroxyl groups is 1. The molecule has 1 rings (SSSR count). The summed E-state index contributed by atoms with van der Waals surface area (Å²) in [6.07, 6.45) is 0.549. The molecule has 0 aliphatic carbocycles. The molecule has 0 saturated carbocycles. The molecule has 54 valence electrons. The van der Waals surface area contributed by atoms with Crippen LogP contribution in [0, 0.1) is 0 Å². The lowest BCUT2D eigenvalue weighted by Gasteiger charge is -2.25. The molecule has 0 radical (unpaired) electrons. The highest BCUT2D eigenvalue weighted by molar-refractivity contribution is 4.73. The minimum atomic E-state index is -0.267. The predicted octanol–water partition coefficient (Wildman–Crippen LogP) is -0.644. The molecule has 9 heavy (non-hydrogen) atoms. The summed E-state index contributed by atoms with van der Waals surface area (Å²) in [4.78, 5) is 0. The Kier molecular flexibility index (Phi) is 2.45. The van der Waals surface area contributed by atoms with E-state index in [1.54, 1.807) is 0 Å². The van der Waals surface area contributed by atoms with Crippen molar-refractivity contribution in [3.8, 4) is 0 Å². The molecule has 3 heteroatoms. The van der Waals surface area contributed by atoms with Gasteiger partial charge in [0.05, 0.1) is 19.3 Å². The molecule has 2 atom stereocenters. The van der Waals surface area contributed by atoms with Crippen molar-refractivity contribution in [2.45, 2.75) is 18.6 Å². The van der Waals surface area contributed by atoms with E-state index in [-0.39, 0.29) is 6.10 Å². The lowest BCUT2D eigenvalue weighted by atomic mass is 10.1. The molecular formula is C6H13NO2. The van der Waals surface area contributed by atoms with Crippen molar-refractivity contribution >= 4 is 0 Å². The Bertz CT molecular complexity index is 87.1. The van der Waals surface area contributed by atoms with Crippen LogP contribution in [0.2, 0.25) is 0 Å². The molecular weight excluding hydrogens is 118 g/mol. The lowest BCUT2D eigenvalue weighted by molar-refractivity contribution is -0.0215. The van der Waals surface area contributed by atoms with Crippen LogP contribution in [0.25, 0.3) is 0 Å². The number of hydrogen-bond donors (Lipinski definition) is 2. The van der Waals surface area contributed by atoms with Gasteiger partial charge in [-0.3, -0.25) is 0 Å². The quantitative estimate of drug-likeness (QED) is 0.497. The van der Waals surface area contributed by atoms with E-state index in [0.717, 1.165) is 13.0 Å². The molecule has 0 bridgehead atoms. The molecule has 1 fully saturated rings. The Hall–Kier alpha value is -0.120. The second-order valence-corrected chi connectivity index (χ2v) is 2.41. The summed E-state index contributed by atoms with van der Waals surface area (Å²) in [5.41, 5.74) is 0. The van der Waals surface area contributed by atoms with Gasteiger partial charge in [-0.2, -0.15) is 0 Å². The Morgan fingerprint density at radius 3 is 2.78 bits per heavy atom. The van der Waals surface area contributed by atoms with Gasteiger partial charge in [-0.05, 0) is 13.5 Å². The Morgan fingerprint density at radius 2 is 2.33 bits per heavy atom. The monoisotopic (exact) mass is 131 g/mol. The fourth-order valence-corrected chi connectivity index (χ4v) is 1.01. The minimum absolute atomic E-state index is 0.267. The van der Waals surface area contributed by atoms with Crippen LogP contribution in [0.1, 0.15) is 6.42 Å². The highest BCUT2D eigenvalue weighted by atomic mass is 16.5. The zero-order valence-electron chi connectivity index (χ0n) is 5.63. The first-order valence-electron chi connectivity index (χ1n) is 3.26. The third-order valence-electron chi connectivity index (χ3n) is 1.59. The highest BCUT2D eigenvalue weighted by Gasteiger charge is 2.18. The SMILES string of the molecule is CNC1COCC(O)C1. The zero-order chi connectivity index (χ0) is 6.69. The Balaban J connectivity index is 2.23. The molecule has 1 saturated heterocycles. The normalized spacial score (nSPS) is 36.7. The van der Waals surface area contributed by atoms with E-state index < -0.39 is 0 Å². The number of rotatable bonds is 1. The molecule has 0 aromatic rings. The summed E-state index contributed by atoms with van der Waals surface area (Å²) in [5, 5.41) is 12.1. The molecule has 2 N–H and O–H groups in total. The first-order chi connectivity index (χ1) is 4.33. The number of aliphatic hydroxyl groups excluding tert-OH is 1. The average molecular weight is 131 g/mol. The maximum Gasteiger partial charge on any atom is 0.0789 e. The van der Waals surface area contributed by atoms with Crippen molar-refractivity contribution in [2.24, 2.45) is 0 Å². The van der Waals surface area contributed by atoms with Gasteiger partial charge >= 0.3 is 0 Å². The van der Waals surface area contributed by atoms with E-state index in [0.29, 0.717) is 12.6 Å². The average Bonchev–Trinajstić information content (AvgIpc) is 1.88. The van der Waals surface area contributed by atoms with Crippen molar-refractivity contribution in [3.63, 3.8) is 0 Å². The van der Waals surface area contributed by atoms with Gasteiger partial charge in [-0.15, -0.1) is 0 Å². The van der Waals surface area contributed by atoms with Crippen LogP contribution in [-0.2, 0) is 4.74 Å². The van der Waals surface area contributed by atoms with Crippen LogP contribution in [0.4, 0.5) is 0 Å². The van der Waals surface area contributed by atoms with Gasteiger partial charge in [-0.1, -0.05) is 0 Å². The predicted molar refractivity (Wildman–Crippen MR) is 34.3 cm³/mol. The number of hydrogen-bond acceptors (Lipinski definition) is 3. The van der Waals surface area contributed by atoms with Gasteiger partial charge in [0.15, 0.2) is 0 Å². The van der Waals surface area contributed by atoms with Crippen molar-refractivity contribution in [3.05, 3.63) is 0 Å². The Labute approximate surface area is 55.0 Å². The van der Waals surface area contributed by atoms with Crippen LogP contribution in [0.15, 0.2) is 0 Å². The van der Waals surface area contributed by atoms with Crippen LogP contribution >= 0.6 is 0 Å². The third kappa shape index (κ3) is 1.93. The summed E-state index contributed by atoms with van der Waals surface area (Å²) < 4.78 is 5.07. The molecule has 0 aromatic heterocycles. The van der Waals surface area contributed by atoms with E-state index in [9.17, 15) is 0 Å².